The highest BCUT2D eigenvalue weighted by molar-refractivity contribution is 5.77. The molecule has 1 aromatic carbocycles. The summed E-state index contributed by atoms with van der Waals surface area (Å²) in [5.41, 5.74) is -0.0781. The van der Waals surface area contributed by atoms with Gasteiger partial charge in [-0.05, 0) is 43.7 Å². The highest BCUT2D eigenvalue weighted by Crippen LogP contribution is 2.38. The second-order valence-electron chi connectivity index (χ2n) is 7.58. The molecule has 25 heavy (non-hydrogen) atoms. The minimum Gasteiger partial charge on any atom is -0.484 e. The Morgan fingerprint density at radius 1 is 1.20 bits per heavy atom. The maximum absolute atomic E-state index is 12.4. The van der Waals surface area contributed by atoms with Crippen molar-refractivity contribution in [3.05, 3.63) is 30.3 Å². The van der Waals surface area contributed by atoms with Gasteiger partial charge in [0.25, 0.3) is 5.91 Å². The molecule has 5 nitrogen and oxygen atoms in total. The summed E-state index contributed by atoms with van der Waals surface area (Å²) in [6.45, 7) is 3.19. The zero-order valence-electron chi connectivity index (χ0n) is 14.7. The molecule has 1 aliphatic carbocycles. The number of piperidine rings is 1. The molecule has 3 fully saturated rings. The summed E-state index contributed by atoms with van der Waals surface area (Å²) in [5.74, 6) is 1.58. The second kappa shape index (κ2) is 7.34. The topological polar surface area (TPSA) is 48.0 Å². The van der Waals surface area contributed by atoms with Gasteiger partial charge in [0.2, 0.25) is 0 Å². The van der Waals surface area contributed by atoms with E-state index in [1.165, 1.54) is 12.8 Å². The van der Waals surface area contributed by atoms with Crippen molar-refractivity contribution in [2.45, 2.75) is 43.8 Å². The summed E-state index contributed by atoms with van der Waals surface area (Å²) in [6, 6.07) is 9.48. The highest BCUT2D eigenvalue weighted by Gasteiger charge is 2.44. The summed E-state index contributed by atoms with van der Waals surface area (Å²) >= 11 is 0. The Morgan fingerprint density at radius 3 is 2.68 bits per heavy atom. The van der Waals surface area contributed by atoms with Gasteiger partial charge in [0.15, 0.2) is 6.61 Å². The van der Waals surface area contributed by atoms with Gasteiger partial charge in [0, 0.05) is 26.1 Å². The zero-order chi connectivity index (χ0) is 17.1. The highest BCUT2D eigenvalue weighted by atomic mass is 16.6. The van der Waals surface area contributed by atoms with Gasteiger partial charge in [0.1, 0.15) is 5.75 Å². The molecule has 0 unspecified atom stereocenters. The third-order valence-electron chi connectivity index (χ3n) is 5.57. The molecule has 4 rings (SSSR count). The number of hydrogen-bond acceptors (Lipinski definition) is 4. The van der Waals surface area contributed by atoms with Gasteiger partial charge in [-0.15, -0.1) is 0 Å². The van der Waals surface area contributed by atoms with Crippen molar-refractivity contribution >= 4 is 5.91 Å². The van der Waals surface area contributed by atoms with E-state index in [2.05, 4.69) is 0 Å². The van der Waals surface area contributed by atoms with Crippen molar-refractivity contribution in [3.8, 4) is 5.75 Å². The first-order chi connectivity index (χ1) is 12.2. The summed E-state index contributed by atoms with van der Waals surface area (Å²) in [4.78, 5) is 14.3. The van der Waals surface area contributed by atoms with E-state index in [1.807, 2.05) is 35.2 Å². The SMILES string of the molecule is O=C(COc1ccccc1)N1CCC2(CC1)C[C@@H](OCC1CC1)CO2. The van der Waals surface area contributed by atoms with E-state index in [0.717, 1.165) is 50.6 Å². The number of likely N-dealkylation sites (tertiary alicyclic amines) is 1. The first-order valence-corrected chi connectivity index (χ1v) is 9.44. The number of amides is 1. The lowest BCUT2D eigenvalue weighted by Crippen LogP contribution is -2.47. The van der Waals surface area contributed by atoms with Crippen molar-refractivity contribution in [3.63, 3.8) is 0 Å². The van der Waals surface area contributed by atoms with Crippen LogP contribution in [0.5, 0.6) is 5.75 Å². The molecule has 1 atom stereocenters. The van der Waals surface area contributed by atoms with Crippen LogP contribution in [0.25, 0.3) is 0 Å². The number of hydrogen-bond donors (Lipinski definition) is 0. The molecule has 1 spiro atoms. The molecule has 3 aliphatic rings. The first-order valence-electron chi connectivity index (χ1n) is 9.44. The molecule has 1 saturated carbocycles. The number of para-hydroxylation sites is 1. The fourth-order valence-electron chi connectivity index (χ4n) is 3.73. The van der Waals surface area contributed by atoms with E-state index in [4.69, 9.17) is 14.2 Å². The Bertz CT molecular complexity index is 579. The van der Waals surface area contributed by atoms with Crippen LogP contribution in [0.15, 0.2) is 30.3 Å². The minimum absolute atomic E-state index is 0.0539. The molecular formula is C20H27NO4. The Kier molecular flexibility index (Phi) is 4.95. The number of ether oxygens (including phenoxy) is 3. The number of carbonyl (C=O) groups excluding carboxylic acids is 1. The lowest BCUT2D eigenvalue weighted by molar-refractivity contribution is -0.138. The largest absolute Gasteiger partial charge is 0.484 e. The van der Waals surface area contributed by atoms with Gasteiger partial charge in [-0.25, -0.2) is 0 Å². The summed E-state index contributed by atoms with van der Waals surface area (Å²) < 4.78 is 17.7. The quantitative estimate of drug-likeness (QED) is 0.795. The molecule has 2 aliphatic heterocycles. The van der Waals surface area contributed by atoms with Gasteiger partial charge in [-0.2, -0.15) is 0 Å². The molecular weight excluding hydrogens is 318 g/mol. The second-order valence-corrected chi connectivity index (χ2v) is 7.58. The standard InChI is InChI=1S/C20H27NO4/c22-19(15-24-17-4-2-1-3-5-17)21-10-8-20(9-11-21)12-18(14-25-20)23-13-16-6-7-16/h1-5,16,18H,6-15H2/t18-/m1/s1. The van der Waals surface area contributed by atoms with Crippen molar-refractivity contribution in [2.75, 3.05) is 32.9 Å². The number of benzene rings is 1. The van der Waals surface area contributed by atoms with E-state index in [-0.39, 0.29) is 24.2 Å². The average Bonchev–Trinajstić information content (AvgIpc) is 3.41. The molecule has 0 bridgehead atoms. The first kappa shape index (κ1) is 16.9. The normalized spacial score (nSPS) is 25.3. The van der Waals surface area contributed by atoms with E-state index < -0.39 is 0 Å². The Morgan fingerprint density at radius 2 is 1.96 bits per heavy atom. The van der Waals surface area contributed by atoms with Crippen LogP contribution in [0.3, 0.4) is 0 Å². The fourth-order valence-corrected chi connectivity index (χ4v) is 3.73. The predicted molar refractivity (Wildman–Crippen MR) is 93.5 cm³/mol. The summed E-state index contributed by atoms with van der Waals surface area (Å²) in [6.07, 6.45) is 5.65. The van der Waals surface area contributed by atoms with E-state index in [0.29, 0.717) is 6.61 Å². The van der Waals surface area contributed by atoms with Gasteiger partial charge >= 0.3 is 0 Å². The van der Waals surface area contributed by atoms with Gasteiger partial charge < -0.3 is 19.1 Å². The van der Waals surface area contributed by atoms with Crippen LogP contribution >= 0.6 is 0 Å². The number of carbonyl (C=O) groups is 1. The molecule has 2 saturated heterocycles. The molecule has 136 valence electrons. The van der Waals surface area contributed by atoms with Gasteiger partial charge in [0.05, 0.1) is 18.3 Å². The fraction of sp³-hybridized carbons (Fsp3) is 0.650. The Balaban J connectivity index is 1.20. The Hall–Kier alpha value is -1.59. The summed E-state index contributed by atoms with van der Waals surface area (Å²) in [5, 5.41) is 0. The van der Waals surface area contributed by atoms with Gasteiger partial charge in [-0.3, -0.25) is 4.79 Å². The van der Waals surface area contributed by atoms with E-state index in [1.54, 1.807) is 0 Å². The van der Waals surface area contributed by atoms with Crippen molar-refractivity contribution in [1.82, 2.24) is 4.90 Å². The van der Waals surface area contributed by atoms with Crippen molar-refractivity contribution in [2.24, 2.45) is 5.92 Å². The molecule has 0 N–H and O–H groups in total. The van der Waals surface area contributed by atoms with E-state index >= 15 is 0 Å². The summed E-state index contributed by atoms with van der Waals surface area (Å²) in [7, 11) is 0. The van der Waals surface area contributed by atoms with Gasteiger partial charge in [-0.1, -0.05) is 18.2 Å². The third kappa shape index (κ3) is 4.33. The molecule has 1 amide bonds. The maximum Gasteiger partial charge on any atom is 0.260 e. The van der Waals surface area contributed by atoms with Crippen LogP contribution in [0.1, 0.15) is 32.1 Å². The smallest absolute Gasteiger partial charge is 0.260 e. The number of rotatable bonds is 6. The Labute approximate surface area is 149 Å². The lowest BCUT2D eigenvalue weighted by atomic mass is 9.88. The lowest BCUT2D eigenvalue weighted by Gasteiger charge is -2.38. The molecule has 1 aromatic rings. The predicted octanol–water partition coefficient (Wildman–Crippen LogP) is 2.64. The van der Waals surface area contributed by atoms with Crippen LogP contribution in [-0.2, 0) is 14.3 Å². The van der Waals surface area contributed by atoms with Crippen molar-refractivity contribution < 1.29 is 19.0 Å². The van der Waals surface area contributed by atoms with Crippen LogP contribution in [0.2, 0.25) is 0 Å². The average molecular weight is 345 g/mol. The minimum atomic E-state index is -0.0781. The third-order valence-corrected chi connectivity index (χ3v) is 5.57. The molecule has 2 heterocycles. The van der Waals surface area contributed by atoms with Crippen LogP contribution in [-0.4, -0.2) is 55.4 Å². The molecule has 5 heteroatoms. The zero-order valence-corrected chi connectivity index (χ0v) is 14.7. The molecule has 0 radical (unpaired) electrons. The van der Waals surface area contributed by atoms with Crippen molar-refractivity contribution in [1.29, 1.82) is 0 Å². The maximum atomic E-state index is 12.4. The number of nitrogens with zero attached hydrogens (tertiary/aromatic N) is 1. The van der Waals surface area contributed by atoms with Crippen LogP contribution in [0, 0.1) is 5.92 Å². The van der Waals surface area contributed by atoms with Crippen LogP contribution < -0.4 is 4.74 Å². The van der Waals surface area contributed by atoms with Crippen LogP contribution in [0.4, 0.5) is 0 Å². The monoisotopic (exact) mass is 345 g/mol. The van der Waals surface area contributed by atoms with E-state index in [9.17, 15) is 4.79 Å². The molecule has 0 aromatic heterocycles.